The van der Waals surface area contributed by atoms with Crippen molar-refractivity contribution in [2.45, 2.75) is 12.2 Å². The summed E-state index contributed by atoms with van der Waals surface area (Å²) in [6.45, 7) is 4.87. The molecular formula is C8H15FN2. The second kappa shape index (κ2) is 3.22. The molecule has 0 N–H and O–H groups in total. The van der Waals surface area contributed by atoms with E-state index in [-0.39, 0.29) is 6.04 Å². The van der Waals surface area contributed by atoms with E-state index in [4.69, 9.17) is 0 Å². The Morgan fingerprint density at radius 3 is 2.45 bits per heavy atom. The van der Waals surface area contributed by atoms with E-state index in [1.54, 1.807) is 6.20 Å². The second-order valence-electron chi connectivity index (χ2n) is 3.18. The first-order chi connectivity index (χ1) is 5.15. The molecule has 1 aliphatic rings. The standard InChI is InChI=1S/C8H15FN2/c1-4-11-5-7(9)8(6-11)10(2)3/h4,7-8H,1,5-6H2,2-3H3. The monoisotopic (exact) mass is 158 g/mol. The molecule has 2 nitrogen and oxygen atoms in total. The molecule has 2 unspecified atom stereocenters. The van der Waals surface area contributed by atoms with Gasteiger partial charge in [0.15, 0.2) is 0 Å². The Morgan fingerprint density at radius 2 is 2.18 bits per heavy atom. The molecule has 0 aromatic heterocycles. The minimum absolute atomic E-state index is 0.0352. The number of rotatable bonds is 2. The Kier molecular flexibility index (Phi) is 2.49. The van der Waals surface area contributed by atoms with Crippen molar-refractivity contribution in [2.24, 2.45) is 0 Å². The van der Waals surface area contributed by atoms with Crippen LogP contribution in [0.4, 0.5) is 4.39 Å². The molecule has 0 aliphatic carbocycles. The molecule has 1 fully saturated rings. The van der Waals surface area contributed by atoms with E-state index < -0.39 is 6.17 Å². The van der Waals surface area contributed by atoms with Crippen molar-refractivity contribution >= 4 is 0 Å². The maximum absolute atomic E-state index is 13.1. The lowest BCUT2D eigenvalue weighted by atomic mass is 10.2. The molecule has 1 aliphatic heterocycles. The van der Waals surface area contributed by atoms with Crippen molar-refractivity contribution in [1.29, 1.82) is 0 Å². The molecular weight excluding hydrogens is 143 g/mol. The Morgan fingerprint density at radius 1 is 1.55 bits per heavy atom. The molecule has 2 atom stereocenters. The summed E-state index contributed by atoms with van der Waals surface area (Å²) in [6, 6.07) is 0.0352. The maximum atomic E-state index is 13.1. The molecule has 3 heteroatoms. The van der Waals surface area contributed by atoms with E-state index in [1.807, 2.05) is 23.9 Å². The highest BCUT2D eigenvalue weighted by atomic mass is 19.1. The summed E-state index contributed by atoms with van der Waals surface area (Å²) in [5.41, 5.74) is 0. The number of hydrogen-bond acceptors (Lipinski definition) is 2. The predicted octanol–water partition coefficient (Wildman–Crippen LogP) is 0.714. The summed E-state index contributed by atoms with van der Waals surface area (Å²) in [6.07, 6.45) is 0.971. The first-order valence-electron chi connectivity index (χ1n) is 3.82. The molecule has 1 rings (SSSR count). The van der Waals surface area contributed by atoms with Gasteiger partial charge in [0.1, 0.15) is 6.17 Å². The predicted molar refractivity (Wildman–Crippen MR) is 44.1 cm³/mol. The van der Waals surface area contributed by atoms with E-state index in [2.05, 4.69) is 6.58 Å². The van der Waals surface area contributed by atoms with Gasteiger partial charge < -0.3 is 9.80 Å². The quantitative estimate of drug-likeness (QED) is 0.584. The lowest BCUT2D eigenvalue weighted by Gasteiger charge is -2.19. The number of likely N-dealkylation sites (tertiary alicyclic amines) is 1. The molecule has 0 aromatic rings. The number of likely N-dealkylation sites (N-methyl/N-ethyl adjacent to an activating group) is 1. The zero-order valence-corrected chi connectivity index (χ0v) is 7.13. The molecule has 64 valence electrons. The third kappa shape index (κ3) is 1.71. The number of nitrogens with zero attached hydrogens (tertiary/aromatic N) is 2. The van der Waals surface area contributed by atoms with E-state index >= 15 is 0 Å². The van der Waals surface area contributed by atoms with Gasteiger partial charge >= 0.3 is 0 Å². The van der Waals surface area contributed by atoms with Gasteiger partial charge in [-0.1, -0.05) is 6.58 Å². The van der Waals surface area contributed by atoms with Crippen molar-refractivity contribution in [3.05, 3.63) is 12.8 Å². The number of halogens is 1. The molecule has 1 saturated heterocycles. The van der Waals surface area contributed by atoms with Crippen LogP contribution in [0.25, 0.3) is 0 Å². The summed E-state index contributed by atoms with van der Waals surface area (Å²) in [7, 11) is 3.81. The normalized spacial score (nSPS) is 31.5. The van der Waals surface area contributed by atoms with Gasteiger partial charge in [-0.05, 0) is 20.3 Å². The van der Waals surface area contributed by atoms with Crippen LogP contribution in [0.2, 0.25) is 0 Å². The van der Waals surface area contributed by atoms with Crippen molar-refractivity contribution < 1.29 is 4.39 Å². The fourth-order valence-corrected chi connectivity index (χ4v) is 1.41. The van der Waals surface area contributed by atoms with Crippen LogP contribution in [0.1, 0.15) is 0 Å². The third-order valence-corrected chi connectivity index (χ3v) is 2.17. The van der Waals surface area contributed by atoms with Gasteiger partial charge in [0.2, 0.25) is 0 Å². The Bertz CT molecular complexity index is 147. The lowest BCUT2D eigenvalue weighted by molar-refractivity contribution is 0.202. The van der Waals surface area contributed by atoms with Gasteiger partial charge in [0.05, 0.1) is 12.6 Å². The summed E-state index contributed by atoms with van der Waals surface area (Å²) in [5.74, 6) is 0. The minimum atomic E-state index is -0.733. The van der Waals surface area contributed by atoms with Gasteiger partial charge in [-0.25, -0.2) is 4.39 Å². The molecule has 0 aromatic carbocycles. The van der Waals surface area contributed by atoms with Crippen LogP contribution in [0.3, 0.4) is 0 Å². The summed E-state index contributed by atoms with van der Waals surface area (Å²) < 4.78 is 13.1. The fraction of sp³-hybridized carbons (Fsp3) is 0.750. The number of hydrogen-bond donors (Lipinski definition) is 0. The van der Waals surface area contributed by atoms with Crippen molar-refractivity contribution in [1.82, 2.24) is 9.80 Å². The van der Waals surface area contributed by atoms with Gasteiger partial charge in [-0.3, -0.25) is 0 Å². The van der Waals surface area contributed by atoms with E-state index in [1.165, 1.54) is 0 Å². The third-order valence-electron chi connectivity index (χ3n) is 2.17. The van der Waals surface area contributed by atoms with E-state index in [0.717, 1.165) is 6.54 Å². The van der Waals surface area contributed by atoms with Crippen LogP contribution in [0.5, 0.6) is 0 Å². The molecule has 0 spiro atoms. The zero-order valence-electron chi connectivity index (χ0n) is 7.13. The molecule has 0 amide bonds. The minimum Gasteiger partial charge on any atom is -0.373 e. The maximum Gasteiger partial charge on any atom is 0.135 e. The first kappa shape index (κ1) is 8.53. The average molecular weight is 158 g/mol. The Hall–Kier alpha value is -0.570. The van der Waals surface area contributed by atoms with Gasteiger partial charge in [0.25, 0.3) is 0 Å². The second-order valence-corrected chi connectivity index (χ2v) is 3.18. The van der Waals surface area contributed by atoms with Crippen LogP contribution in [0.15, 0.2) is 12.8 Å². The van der Waals surface area contributed by atoms with Crippen LogP contribution >= 0.6 is 0 Å². The highest BCUT2D eigenvalue weighted by Crippen LogP contribution is 2.16. The smallest absolute Gasteiger partial charge is 0.135 e. The highest BCUT2D eigenvalue weighted by molar-refractivity contribution is 4.92. The molecule has 0 bridgehead atoms. The Balaban J connectivity index is 2.51. The van der Waals surface area contributed by atoms with Gasteiger partial charge in [0, 0.05) is 6.54 Å². The highest BCUT2D eigenvalue weighted by Gasteiger charge is 2.32. The Labute approximate surface area is 67.3 Å². The number of alkyl halides is 1. The van der Waals surface area contributed by atoms with E-state index in [0.29, 0.717) is 6.54 Å². The SMILES string of the molecule is C=CN1CC(F)C(N(C)C)C1. The fourth-order valence-electron chi connectivity index (χ4n) is 1.41. The summed E-state index contributed by atoms with van der Waals surface area (Å²) in [4.78, 5) is 3.84. The van der Waals surface area contributed by atoms with Crippen molar-refractivity contribution in [3.63, 3.8) is 0 Å². The topological polar surface area (TPSA) is 6.48 Å². The van der Waals surface area contributed by atoms with Gasteiger partial charge in [-0.15, -0.1) is 0 Å². The molecule has 11 heavy (non-hydrogen) atoms. The van der Waals surface area contributed by atoms with E-state index in [9.17, 15) is 4.39 Å². The molecule has 1 heterocycles. The zero-order chi connectivity index (χ0) is 8.43. The largest absolute Gasteiger partial charge is 0.373 e. The van der Waals surface area contributed by atoms with Crippen LogP contribution < -0.4 is 0 Å². The van der Waals surface area contributed by atoms with Crippen molar-refractivity contribution in [3.8, 4) is 0 Å². The molecule has 0 saturated carbocycles. The van der Waals surface area contributed by atoms with Gasteiger partial charge in [-0.2, -0.15) is 0 Å². The summed E-state index contributed by atoms with van der Waals surface area (Å²) >= 11 is 0. The van der Waals surface area contributed by atoms with Crippen LogP contribution in [-0.2, 0) is 0 Å². The molecule has 0 radical (unpaired) electrons. The van der Waals surface area contributed by atoms with Crippen molar-refractivity contribution in [2.75, 3.05) is 27.2 Å². The lowest BCUT2D eigenvalue weighted by Crippen LogP contribution is -2.35. The average Bonchev–Trinajstić information content (AvgIpc) is 2.30. The first-order valence-corrected chi connectivity index (χ1v) is 3.82. The van der Waals surface area contributed by atoms with Crippen LogP contribution in [-0.4, -0.2) is 49.2 Å². The van der Waals surface area contributed by atoms with Crippen LogP contribution in [0, 0.1) is 0 Å². The summed E-state index contributed by atoms with van der Waals surface area (Å²) in [5, 5.41) is 0.